The van der Waals surface area contributed by atoms with Gasteiger partial charge >= 0.3 is 0 Å². The summed E-state index contributed by atoms with van der Waals surface area (Å²) in [6, 6.07) is 0. The first kappa shape index (κ1) is 12.3. The number of imidazole rings is 2. The third-order valence-electron chi connectivity index (χ3n) is 3.92. The van der Waals surface area contributed by atoms with Crippen molar-refractivity contribution in [2.24, 2.45) is 0 Å². The molecule has 3 rings (SSSR count). The van der Waals surface area contributed by atoms with E-state index in [0.717, 1.165) is 42.5 Å². The van der Waals surface area contributed by atoms with Gasteiger partial charge in [-0.1, -0.05) is 13.8 Å². The number of rotatable bonds is 3. The minimum atomic E-state index is 0.493. The van der Waals surface area contributed by atoms with E-state index in [4.69, 9.17) is 10.7 Å². The molecule has 0 saturated heterocycles. The maximum absolute atomic E-state index is 6.30. The number of aryl methyl sites for hydroxylation is 1. The van der Waals surface area contributed by atoms with Gasteiger partial charge in [-0.2, -0.15) is 0 Å². The van der Waals surface area contributed by atoms with Gasteiger partial charge in [0, 0.05) is 19.0 Å². The third-order valence-corrected chi connectivity index (χ3v) is 3.92. The van der Waals surface area contributed by atoms with Crippen LogP contribution in [0.15, 0.2) is 12.5 Å². The number of anilines is 1. The maximum Gasteiger partial charge on any atom is 0.133 e. The van der Waals surface area contributed by atoms with Crippen LogP contribution in [0.5, 0.6) is 0 Å². The quantitative estimate of drug-likeness (QED) is 0.921. The van der Waals surface area contributed by atoms with Crippen molar-refractivity contribution in [3.05, 3.63) is 18.3 Å². The summed E-state index contributed by atoms with van der Waals surface area (Å²) in [5, 5.41) is 0. The molecule has 0 radical (unpaired) electrons. The molecule has 0 fully saturated rings. The number of nitrogens with two attached hydrogens (primary N) is 1. The van der Waals surface area contributed by atoms with Crippen LogP contribution in [-0.2, 0) is 13.1 Å². The second-order valence-corrected chi connectivity index (χ2v) is 5.37. The topological polar surface area (TPSA) is 61.7 Å². The highest BCUT2D eigenvalue weighted by Crippen LogP contribution is 2.34. The Labute approximate surface area is 113 Å². The molecule has 1 aliphatic rings. The van der Waals surface area contributed by atoms with Gasteiger partial charge in [-0.3, -0.25) is 0 Å². The smallest absolute Gasteiger partial charge is 0.133 e. The van der Waals surface area contributed by atoms with E-state index in [1.165, 1.54) is 12.8 Å². The van der Waals surface area contributed by atoms with Gasteiger partial charge in [0.2, 0.25) is 0 Å². The van der Waals surface area contributed by atoms with Crippen LogP contribution < -0.4 is 5.73 Å². The molecule has 2 N–H and O–H groups in total. The van der Waals surface area contributed by atoms with E-state index in [1.54, 1.807) is 0 Å². The Balaban J connectivity index is 2.08. The Morgan fingerprint density at radius 2 is 2.32 bits per heavy atom. The molecule has 19 heavy (non-hydrogen) atoms. The number of fused-ring (bicyclic) bond motifs is 1. The molecule has 1 atom stereocenters. The molecule has 5 heteroatoms. The van der Waals surface area contributed by atoms with Gasteiger partial charge in [0.15, 0.2) is 0 Å². The maximum atomic E-state index is 6.30. The zero-order valence-electron chi connectivity index (χ0n) is 11.6. The summed E-state index contributed by atoms with van der Waals surface area (Å²) < 4.78 is 4.31. The fourth-order valence-corrected chi connectivity index (χ4v) is 2.90. The van der Waals surface area contributed by atoms with Crippen molar-refractivity contribution < 1.29 is 0 Å². The second-order valence-electron chi connectivity index (χ2n) is 5.37. The zero-order chi connectivity index (χ0) is 13.4. The monoisotopic (exact) mass is 259 g/mol. The summed E-state index contributed by atoms with van der Waals surface area (Å²) in [4.78, 5) is 9.04. The van der Waals surface area contributed by atoms with E-state index in [2.05, 4.69) is 28.0 Å². The largest absolute Gasteiger partial charge is 0.383 e. The molecule has 3 heterocycles. The average Bonchev–Trinajstić information content (AvgIpc) is 2.97. The van der Waals surface area contributed by atoms with Crippen LogP contribution in [0, 0.1) is 0 Å². The van der Waals surface area contributed by atoms with E-state index in [0.29, 0.717) is 5.92 Å². The van der Waals surface area contributed by atoms with E-state index >= 15 is 0 Å². The van der Waals surface area contributed by atoms with Crippen molar-refractivity contribution in [2.75, 3.05) is 5.73 Å². The number of nitrogen functional groups attached to an aromatic ring is 1. The first-order valence-electron chi connectivity index (χ1n) is 7.08. The normalized spacial score (nSPS) is 18.5. The Hall–Kier alpha value is -1.78. The molecular weight excluding hydrogens is 238 g/mol. The van der Waals surface area contributed by atoms with E-state index < -0.39 is 0 Å². The molecule has 0 saturated carbocycles. The number of nitrogens with zero attached hydrogens (tertiary/aromatic N) is 4. The first-order valence-corrected chi connectivity index (χ1v) is 7.08. The predicted octanol–water partition coefficient (Wildman–Crippen LogP) is 2.64. The Kier molecular flexibility index (Phi) is 3.05. The number of hydrogen-bond donors (Lipinski definition) is 1. The summed E-state index contributed by atoms with van der Waals surface area (Å²) in [5.41, 5.74) is 8.24. The fourth-order valence-electron chi connectivity index (χ4n) is 2.90. The van der Waals surface area contributed by atoms with Crippen molar-refractivity contribution in [2.45, 2.75) is 52.1 Å². The predicted molar refractivity (Wildman–Crippen MR) is 75.8 cm³/mol. The molecule has 5 nitrogen and oxygen atoms in total. The molecule has 1 aliphatic heterocycles. The zero-order valence-corrected chi connectivity index (χ0v) is 11.6. The second kappa shape index (κ2) is 4.72. The molecular formula is C14H21N5. The summed E-state index contributed by atoms with van der Waals surface area (Å²) in [7, 11) is 0. The lowest BCUT2D eigenvalue weighted by Crippen LogP contribution is -2.15. The van der Waals surface area contributed by atoms with Crippen LogP contribution >= 0.6 is 0 Å². The lowest BCUT2D eigenvalue weighted by Gasteiger charge is -2.20. The lowest BCUT2D eigenvalue weighted by atomic mass is 10.0. The SMILES string of the molecule is CCCn1cncc1-c1nc2n(c1N)CCCC2C. The lowest BCUT2D eigenvalue weighted by molar-refractivity contribution is 0.467. The van der Waals surface area contributed by atoms with Gasteiger partial charge in [-0.05, 0) is 19.3 Å². The Morgan fingerprint density at radius 1 is 1.47 bits per heavy atom. The summed E-state index contributed by atoms with van der Waals surface area (Å²) in [5.74, 6) is 2.41. The number of hydrogen-bond acceptors (Lipinski definition) is 3. The van der Waals surface area contributed by atoms with Crippen molar-refractivity contribution in [1.82, 2.24) is 19.1 Å². The Morgan fingerprint density at radius 3 is 3.05 bits per heavy atom. The molecule has 2 aromatic heterocycles. The van der Waals surface area contributed by atoms with Gasteiger partial charge in [-0.15, -0.1) is 0 Å². The molecule has 1 unspecified atom stereocenters. The molecule has 0 aromatic carbocycles. The van der Waals surface area contributed by atoms with Gasteiger partial charge in [0.05, 0.1) is 18.2 Å². The van der Waals surface area contributed by atoms with Crippen LogP contribution in [0.1, 0.15) is 44.9 Å². The van der Waals surface area contributed by atoms with Crippen LogP contribution in [0.2, 0.25) is 0 Å². The van der Waals surface area contributed by atoms with Gasteiger partial charge in [0.25, 0.3) is 0 Å². The first-order chi connectivity index (χ1) is 9.22. The van der Waals surface area contributed by atoms with Crippen molar-refractivity contribution >= 4 is 5.82 Å². The van der Waals surface area contributed by atoms with E-state index in [9.17, 15) is 0 Å². The van der Waals surface area contributed by atoms with Crippen molar-refractivity contribution in [1.29, 1.82) is 0 Å². The van der Waals surface area contributed by atoms with Gasteiger partial charge in [0.1, 0.15) is 17.3 Å². The fraction of sp³-hybridized carbons (Fsp3) is 0.571. The van der Waals surface area contributed by atoms with Crippen LogP contribution in [-0.4, -0.2) is 19.1 Å². The molecule has 2 aromatic rings. The molecule has 0 aliphatic carbocycles. The molecule has 102 valence electrons. The van der Waals surface area contributed by atoms with E-state index in [1.807, 2.05) is 12.5 Å². The third kappa shape index (κ3) is 1.93. The van der Waals surface area contributed by atoms with E-state index in [-0.39, 0.29) is 0 Å². The van der Waals surface area contributed by atoms with Crippen LogP contribution in [0.3, 0.4) is 0 Å². The van der Waals surface area contributed by atoms with Gasteiger partial charge < -0.3 is 14.9 Å². The Bertz CT molecular complexity index is 581. The van der Waals surface area contributed by atoms with Crippen LogP contribution in [0.25, 0.3) is 11.4 Å². The average molecular weight is 259 g/mol. The van der Waals surface area contributed by atoms with Gasteiger partial charge in [-0.25, -0.2) is 9.97 Å². The molecule has 0 spiro atoms. The summed E-state index contributed by atoms with van der Waals surface area (Å²) in [6.07, 6.45) is 7.19. The summed E-state index contributed by atoms with van der Waals surface area (Å²) in [6.45, 7) is 6.32. The molecule has 0 bridgehead atoms. The highest BCUT2D eigenvalue weighted by molar-refractivity contribution is 5.68. The molecule has 0 amide bonds. The number of aromatic nitrogens is 4. The highest BCUT2D eigenvalue weighted by Gasteiger charge is 2.24. The minimum absolute atomic E-state index is 0.493. The van der Waals surface area contributed by atoms with Crippen LogP contribution in [0.4, 0.5) is 5.82 Å². The minimum Gasteiger partial charge on any atom is -0.383 e. The summed E-state index contributed by atoms with van der Waals surface area (Å²) >= 11 is 0. The van der Waals surface area contributed by atoms with Crippen molar-refractivity contribution in [3.63, 3.8) is 0 Å². The highest BCUT2D eigenvalue weighted by atomic mass is 15.2. The standard InChI is InChI=1S/C14H21N5/c1-3-6-18-9-16-8-11(18)12-13(15)19-7-4-5-10(2)14(19)17-12/h8-10H,3-7,15H2,1-2H3. The van der Waals surface area contributed by atoms with Crippen molar-refractivity contribution in [3.8, 4) is 11.4 Å².